The monoisotopic (exact) mass is 370 g/mol. The van der Waals surface area contributed by atoms with E-state index in [1.165, 1.54) is 16.8 Å². The van der Waals surface area contributed by atoms with Crippen LogP contribution in [-0.2, 0) is 17.9 Å². The predicted molar refractivity (Wildman–Crippen MR) is 104 cm³/mol. The maximum Gasteiger partial charge on any atom is 0.331 e. The van der Waals surface area contributed by atoms with E-state index in [4.69, 9.17) is 0 Å². The third kappa shape index (κ3) is 4.74. The molecule has 144 valence electrons. The Kier molecular flexibility index (Phi) is 6.24. The quantitative estimate of drug-likeness (QED) is 0.804. The summed E-state index contributed by atoms with van der Waals surface area (Å²) in [6, 6.07) is 10.9. The van der Waals surface area contributed by atoms with Crippen LogP contribution in [0.3, 0.4) is 0 Å². The van der Waals surface area contributed by atoms with Crippen LogP contribution < -0.4 is 16.6 Å². The Morgan fingerprint density at radius 2 is 1.96 bits per heavy atom. The van der Waals surface area contributed by atoms with Crippen LogP contribution in [0.2, 0.25) is 0 Å². The summed E-state index contributed by atoms with van der Waals surface area (Å²) in [5.74, 6) is 0.238. The molecule has 0 spiro atoms. The van der Waals surface area contributed by atoms with Crippen LogP contribution in [0.1, 0.15) is 18.4 Å². The van der Waals surface area contributed by atoms with Gasteiger partial charge in [-0.25, -0.2) is 4.79 Å². The highest BCUT2D eigenvalue weighted by Gasteiger charge is 2.24. The summed E-state index contributed by atoms with van der Waals surface area (Å²) >= 11 is 0. The van der Waals surface area contributed by atoms with Crippen molar-refractivity contribution in [3.63, 3.8) is 0 Å². The van der Waals surface area contributed by atoms with Crippen molar-refractivity contribution >= 4 is 5.91 Å². The molecule has 1 N–H and O–H groups in total. The van der Waals surface area contributed by atoms with E-state index in [-0.39, 0.29) is 12.5 Å². The Morgan fingerprint density at radius 3 is 2.70 bits per heavy atom. The second-order valence-electron chi connectivity index (χ2n) is 7.04. The lowest BCUT2D eigenvalue weighted by Gasteiger charge is -2.32. The van der Waals surface area contributed by atoms with Crippen molar-refractivity contribution < 1.29 is 4.79 Å². The summed E-state index contributed by atoms with van der Waals surface area (Å²) in [5, 5.41) is 3.15. The number of hydrogen-bond donors (Lipinski definition) is 1. The number of benzene rings is 1. The van der Waals surface area contributed by atoms with Crippen molar-refractivity contribution in [1.82, 2.24) is 19.4 Å². The molecule has 3 rings (SSSR count). The molecule has 0 aliphatic carbocycles. The average molecular weight is 370 g/mol. The zero-order chi connectivity index (χ0) is 19.2. The topological polar surface area (TPSA) is 76.3 Å². The summed E-state index contributed by atoms with van der Waals surface area (Å²) < 4.78 is 2.50. The van der Waals surface area contributed by atoms with Crippen LogP contribution >= 0.6 is 0 Å². The van der Waals surface area contributed by atoms with Gasteiger partial charge in [-0.2, -0.15) is 0 Å². The molecule has 1 aliphatic rings. The Bertz CT molecular complexity index is 886. The van der Waals surface area contributed by atoms with E-state index in [1.54, 1.807) is 4.90 Å². The molecule has 1 unspecified atom stereocenters. The Labute approximate surface area is 158 Å². The van der Waals surface area contributed by atoms with Gasteiger partial charge in [-0.15, -0.1) is 0 Å². The molecule has 1 aromatic heterocycles. The third-order valence-electron chi connectivity index (χ3n) is 4.99. The molecule has 0 bridgehead atoms. The standard InChI is InChI=1S/C20H26N4O3/c1-21-12-17-8-5-10-22(14-17)19(26)15-24-18(25)9-11-23(20(24)27)13-16-6-3-2-4-7-16/h2-4,6-7,9,11,17,21H,5,8,10,12-15H2,1H3. The van der Waals surface area contributed by atoms with Gasteiger partial charge in [-0.05, 0) is 37.9 Å². The van der Waals surface area contributed by atoms with Crippen LogP contribution in [0, 0.1) is 5.92 Å². The lowest BCUT2D eigenvalue weighted by atomic mass is 9.98. The van der Waals surface area contributed by atoms with E-state index in [9.17, 15) is 14.4 Å². The van der Waals surface area contributed by atoms with Crippen molar-refractivity contribution in [2.75, 3.05) is 26.7 Å². The molecule has 1 atom stereocenters. The molecular formula is C20H26N4O3. The normalized spacial score (nSPS) is 17.1. The minimum atomic E-state index is -0.455. The molecule has 1 aliphatic heterocycles. The minimum Gasteiger partial charge on any atom is -0.341 e. The SMILES string of the molecule is CNCC1CCCN(C(=O)Cn2c(=O)ccn(Cc3ccccc3)c2=O)C1. The second-order valence-corrected chi connectivity index (χ2v) is 7.04. The van der Waals surface area contributed by atoms with Crippen molar-refractivity contribution in [2.24, 2.45) is 5.92 Å². The predicted octanol–water partition coefficient (Wildman–Crippen LogP) is 0.516. The number of aromatic nitrogens is 2. The number of nitrogens with zero attached hydrogens (tertiary/aromatic N) is 3. The van der Waals surface area contributed by atoms with Crippen LogP contribution in [0.5, 0.6) is 0 Å². The number of hydrogen-bond acceptors (Lipinski definition) is 4. The van der Waals surface area contributed by atoms with Crippen LogP contribution in [-0.4, -0.2) is 46.6 Å². The molecule has 1 fully saturated rings. The van der Waals surface area contributed by atoms with Crippen LogP contribution in [0.25, 0.3) is 0 Å². The van der Waals surface area contributed by atoms with E-state index in [0.29, 0.717) is 25.6 Å². The molecule has 1 aromatic carbocycles. The largest absolute Gasteiger partial charge is 0.341 e. The third-order valence-corrected chi connectivity index (χ3v) is 4.99. The Hall–Kier alpha value is -2.67. The molecule has 0 saturated carbocycles. The molecular weight excluding hydrogens is 344 g/mol. The maximum absolute atomic E-state index is 12.7. The van der Waals surface area contributed by atoms with Crippen molar-refractivity contribution in [2.45, 2.75) is 25.9 Å². The molecule has 0 radical (unpaired) electrons. The highest BCUT2D eigenvalue weighted by Crippen LogP contribution is 2.15. The average Bonchev–Trinajstić information content (AvgIpc) is 2.68. The molecule has 27 heavy (non-hydrogen) atoms. The number of likely N-dealkylation sites (tertiary alicyclic amines) is 1. The number of rotatable bonds is 6. The summed E-state index contributed by atoms with van der Waals surface area (Å²) in [6.45, 7) is 2.36. The summed E-state index contributed by atoms with van der Waals surface area (Å²) in [5.41, 5.74) is 0.0620. The lowest BCUT2D eigenvalue weighted by molar-refractivity contribution is -0.133. The highest BCUT2D eigenvalue weighted by atomic mass is 16.2. The summed E-state index contributed by atoms with van der Waals surface area (Å²) in [4.78, 5) is 39.4. The van der Waals surface area contributed by atoms with Gasteiger partial charge in [0.15, 0.2) is 0 Å². The first kappa shape index (κ1) is 19.1. The smallest absolute Gasteiger partial charge is 0.331 e. The first-order valence-electron chi connectivity index (χ1n) is 9.35. The highest BCUT2D eigenvalue weighted by molar-refractivity contribution is 5.76. The number of carbonyl (C=O) groups excluding carboxylic acids is 1. The molecule has 2 aromatic rings. The van der Waals surface area contributed by atoms with Gasteiger partial charge in [0.2, 0.25) is 5.91 Å². The maximum atomic E-state index is 12.7. The van der Waals surface area contributed by atoms with Crippen molar-refractivity contribution in [3.8, 4) is 0 Å². The van der Waals surface area contributed by atoms with Crippen LogP contribution in [0.15, 0.2) is 52.2 Å². The molecule has 1 saturated heterocycles. The fourth-order valence-electron chi connectivity index (χ4n) is 3.58. The van der Waals surface area contributed by atoms with Gasteiger partial charge < -0.3 is 10.2 Å². The van der Waals surface area contributed by atoms with E-state index >= 15 is 0 Å². The van der Waals surface area contributed by atoms with Gasteiger partial charge in [0.1, 0.15) is 6.54 Å². The first-order valence-corrected chi connectivity index (χ1v) is 9.35. The zero-order valence-corrected chi connectivity index (χ0v) is 15.6. The van der Waals surface area contributed by atoms with E-state index < -0.39 is 11.2 Å². The molecule has 2 heterocycles. The number of nitrogens with one attached hydrogen (secondary N) is 1. The number of carbonyl (C=O) groups is 1. The van der Waals surface area contributed by atoms with E-state index in [2.05, 4.69) is 5.32 Å². The zero-order valence-electron chi connectivity index (χ0n) is 15.6. The van der Waals surface area contributed by atoms with Gasteiger partial charge in [-0.1, -0.05) is 30.3 Å². The molecule has 7 nitrogen and oxygen atoms in total. The van der Waals surface area contributed by atoms with E-state index in [1.807, 2.05) is 37.4 Å². The van der Waals surface area contributed by atoms with Gasteiger partial charge in [-0.3, -0.25) is 18.7 Å². The van der Waals surface area contributed by atoms with Gasteiger partial charge >= 0.3 is 5.69 Å². The van der Waals surface area contributed by atoms with Gasteiger partial charge in [0, 0.05) is 25.4 Å². The van der Waals surface area contributed by atoms with Crippen molar-refractivity contribution in [3.05, 3.63) is 69.0 Å². The second kappa shape index (κ2) is 8.81. The number of amides is 1. The van der Waals surface area contributed by atoms with E-state index in [0.717, 1.165) is 29.5 Å². The fraction of sp³-hybridized carbons (Fsp3) is 0.450. The summed E-state index contributed by atoms with van der Waals surface area (Å²) in [6.07, 6.45) is 3.52. The lowest BCUT2D eigenvalue weighted by Crippen LogP contribution is -2.47. The Morgan fingerprint density at radius 1 is 1.19 bits per heavy atom. The number of piperidine rings is 1. The molecule has 7 heteroatoms. The van der Waals surface area contributed by atoms with Gasteiger partial charge in [0.05, 0.1) is 6.54 Å². The fourth-order valence-corrected chi connectivity index (χ4v) is 3.58. The van der Waals surface area contributed by atoms with Gasteiger partial charge in [0.25, 0.3) is 5.56 Å². The van der Waals surface area contributed by atoms with Crippen molar-refractivity contribution in [1.29, 1.82) is 0 Å². The summed E-state index contributed by atoms with van der Waals surface area (Å²) in [7, 11) is 1.90. The minimum absolute atomic E-state index is 0.174. The molecule has 1 amide bonds. The van der Waals surface area contributed by atoms with Crippen LogP contribution in [0.4, 0.5) is 0 Å². The first-order chi connectivity index (χ1) is 13.1. The Balaban J connectivity index is 1.76.